The molecule has 110 valence electrons. The van der Waals surface area contributed by atoms with E-state index in [0.717, 1.165) is 0 Å². The summed E-state index contributed by atoms with van der Waals surface area (Å²) in [7, 11) is 5.19. The molecule has 0 fully saturated rings. The van der Waals surface area contributed by atoms with Crippen molar-refractivity contribution in [3.63, 3.8) is 0 Å². The molecule has 0 aliphatic carbocycles. The van der Waals surface area contributed by atoms with Gasteiger partial charge in [-0.3, -0.25) is 10.1 Å². The van der Waals surface area contributed by atoms with Gasteiger partial charge in [0.25, 0.3) is 5.69 Å². The van der Waals surface area contributed by atoms with Crippen molar-refractivity contribution in [2.75, 3.05) is 39.6 Å². The van der Waals surface area contributed by atoms with E-state index in [1.807, 2.05) is 19.0 Å². The average Bonchev–Trinajstić information content (AvgIpc) is 2.38. The molecule has 0 saturated carbocycles. The SMILES string of the molecule is COc1cc([N+](=O)[O-])ccc1NC(=O)NCCN(C)C. The number of hydrogen-bond acceptors (Lipinski definition) is 5. The summed E-state index contributed by atoms with van der Waals surface area (Å²) in [4.78, 5) is 23.7. The van der Waals surface area contributed by atoms with E-state index in [2.05, 4.69) is 10.6 Å². The number of amides is 2. The normalized spacial score (nSPS) is 10.2. The fraction of sp³-hybridized carbons (Fsp3) is 0.417. The summed E-state index contributed by atoms with van der Waals surface area (Å²) in [6.45, 7) is 1.21. The van der Waals surface area contributed by atoms with Crippen LogP contribution in [0.4, 0.5) is 16.2 Å². The van der Waals surface area contributed by atoms with Crippen LogP contribution in [0.5, 0.6) is 5.75 Å². The van der Waals surface area contributed by atoms with Gasteiger partial charge in [-0.05, 0) is 20.2 Å². The third-order valence-corrected chi connectivity index (χ3v) is 2.49. The largest absolute Gasteiger partial charge is 0.494 e. The third-order valence-electron chi connectivity index (χ3n) is 2.49. The summed E-state index contributed by atoms with van der Waals surface area (Å²) in [6, 6.07) is 3.61. The smallest absolute Gasteiger partial charge is 0.319 e. The maximum absolute atomic E-state index is 11.7. The fourth-order valence-electron chi connectivity index (χ4n) is 1.46. The first-order valence-electron chi connectivity index (χ1n) is 5.96. The molecule has 1 aromatic carbocycles. The monoisotopic (exact) mass is 282 g/mol. The van der Waals surface area contributed by atoms with E-state index >= 15 is 0 Å². The van der Waals surface area contributed by atoms with Crippen LogP contribution in [0, 0.1) is 10.1 Å². The molecule has 0 aromatic heterocycles. The van der Waals surface area contributed by atoms with Crippen molar-refractivity contribution in [1.29, 1.82) is 0 Å². The number of nitro groups is 1. The van der Waals surface area contributed by atoms with Crippen molar-refractivity contribution >= 4 is 17.4 Å². The molecular weight excluding hydrogens is 264 g/mol. The van der Waals surface area contributed by atoms with Crippen LogP contribution in [0.25, 0.3) is 0 Å². The van der Waals surface area contributed by atoms with Crippen molar-refractivity contribution < 1.29 is 14.5 Å². The Morgan fingerprint density at radius 3 is 2.70 bits per heavy atom. The lowest BCUT2D eigenvalue weighted by Crippen LogP contribution is -2.34. The van der Waals surface area contributed by atoms with Crippen LogP contribution in [-0.2, 0) is 0 Å². The molecule has 0 spiro atoms. The molecule has 1 rings (SSSR count). The Balaban J connectivity index is 2.67. The molecule has 0 radical (unpaired) electrons. The van der Waals surface area contributed by atoms with Gasteiger partial charge in [-0.25, -0.2) is 4.79 Å². The zero-order chi connectivity index (χ0) is 15.1. The van der Waals surface area contributed by atoms with Crippen LogP contribution in [0.3, 0.4) is 0 Å². The molecule has 0 bridgehead atoms. The van der Waals surface area contributed by atoms with Crippen LogP contribution in [0.15, 0.2) is 18.2 Å². The minimum absolute atomic E-state index is 0.0968. The number of hydrogen-bond donors (Lipinski definition) is 2. The summed E-state index contributed by atoms with van der Waals surface area (Å²) < 4.78 is 5.02. The van der Waals surface area contributed by atoms with Gasteiger partial charge in [0, 0.05) is 19.2 Å². The maximum Gasteiger partial charge on any atom is 0.319 e. The highest BCUT2D eigenvalue weighted by molar-refractivity contribution is 5.91. The number of non-ortho nitro benzene ring substituents is 1. The first-order valence-corrected chi connectivity index (χ1v) is 5.96. The van der Waals surface area contributed by atoms with Crippen LogP contribution >= 0.6 is 0 Å². The fourth-order valence-corrected chi connectivity index (χ4v) is 1.46. The van der Waals surface area contributed by atoms with E-state index < -0.39 is 4.92 Å². The van der Waals surface area contributed by atoms with Crippen LogP contribution < -0.4 is 15.4 Å². The molecule has 0 unspecified atom stereocenters. The first-order chi connectivity index (χ1) is 9.43. The van der Waals surface area contributed by atoms with Gasteiger partial charge in [-0.15, -0.1) is 0 Å². The lowest BCUT2D eigenvalue weighted by Gasteiger charge is -2.13. The molecule has 0 heterocycles. The number of carbonyl (C=O) groups excluding carboxylic acids is 1. The molecule has 0 saturated heterocycles. The van der Waals surface area contributed by atoms with Gasteiger partial charge in [0.05, 0.1) is 23.8 Å². The number of rotatable bonds is 6. The van der Waals surface area contributed by atoms with Gasteiger partial charge in [0.2, 0.25) is 0 Å². The summed E-state index contributed by atoms with van der Waals surface area (Å²) in [5.41, 5.74) is 0.279. The third kappa shape index (κ3) is 4.73. The second kappa shape index (κ2) is 7.29. The molecular formula is C12H18N4O4. The minimum Gasteiger partial charge on any atom is -0.494 e. The standard InChI is InChI=1S/C12H18N4O4/c1-15(2)7-6-13-12(17)14-10-5-4-9(16(18)19)8-11(10)20-3/h4-5,8H,6-7H2,1-3H3,(H2,13,14,17). The number of anilines is 1. The zero-order valence-electron chi connectivity index (χ0n) is 11.7. The van der Waals surface area contributed by atoms with Crippen LogP contribution in [-0.4, -0.2) is 50.1 Å². The second-order valence-electron chi connectivity index (χ2n) is 4.33. The Morgan fingerprint density at radius 2 is 2.15 bits per heavy atom. The van der Waals surface area contributed by atoms with E-state index in [9.17, 15) is 14.9 Å². The van der Waals surface area contributed by atoms with E-state index in [1.54, 1.807) is 0 Å². The van der Waals surface area contributed by atoms with Crippen LogP contribution in [0.1, 0.15) is 0 Å². The molecule has 0 aliphatic heterocycles. The number of nitro benzene ring substituents is 1. The van der Waals surface area contributed by atoms with Gasteiger partial charge < -0.3 is 20.3 Å². The molecule has 0 atom stereocenters. The lowest BCUT2D eigenvalue weighted by atomic mass is 10.2. The average molecular weight is 282 g/mol. The number of benzene rings is 1. The van der Waals surface area contributed by atoms with E-state index in [4.69, 9.17) is 4.74 Å². The van der Waals surface area contributed by atoms with Crippen molar-refractivity contribution in [3.8, 4) is 5.75 Å². The number of ether oxygens (including phenoxy) is 1. The van der Waals surface area contributed by atoms with Crippen molar-refractivity contribution in [3.05, 3.63) is 28.3 Å². The Hall–Kier alpha value is -2.35. The molecule has 20 heavy (non-hydrogen) atoms. The van der Waals surface area contributed by atoms with E-state index in [-0.39, 0.29) is 17.5 Å². The number of carbonyl (C=O) groups is 1. The Bertz CT molecular complexity index is 490. The number of urea groups is 1. The molecule has 8 heteroatoms. The minimum atomic E-state index is -0.524. The predicted molar refractivity (Wildman–Crippen MR) is 75.2 cm³/mol. The number of likely N-dealkylation sites (N-methyl/N-ethyl adjacent to an activating group) is 1. The summed E-state index contributed by atoms with van der Waals surface area (Å²) in [6.07, 6.45) is 0. The molecule has 8 nitrogen and oxygen atoms in total. The van der Waals surface area contributed by atoms with Crippen molar-refractivity contribution in [2.24, 2.45) is 0 Å². The molecule has 2 amide bonds. The van der Waals surface area contributed by atoms with Gasteiger partial charge in [0.15, 0.2) is 0 Å². The number of nitrogens with one attached hydrogen (secondary N) is 2. The van der Waals surface area contributed by atoms with Crippen molar-refractivity contribution in [2.45, 2.75) is 0 Å². The number of nitrogens with zero attached hydrogens (tertiary/aromatic N) is 2. The van der Waals surface area contributed by atoms with E-state index in [1.165, 1.54) is 25.3 Å². The van der Waals surface area contributed by atoms with Crippen LogP contribution in [0.2, 0.25) is 0 Å². The van der Waals surface area contributed by atoms with Gasteiger partial charge in [-0.1, -0.05) is 0 Å². The highest BCUT2D eigenvalue weighted by Crippen LogP contribution is 2.28. The highest BCUT2D eigenvalue weighted by atomic mass is 16.6. The Kier molecular flexibility index (Phi) is 5.73. The summed E-state index contributed by atoms with van der Waals surface area (Å²) in [5, 5.41) is 15.9. The topological polar surface area (TPSA) is 96.7 Å². The number of methoxy groups -OCH3 is 1. The zero-order valence-corrected chi connectivity index (χ0v) is 11.7. The molecule has 1 aromatic rings. The van der Waals surface area contributed by atoms with Gasteiger partial charge >= 0.3 is 6.03 Å². The predicted octanol–water partition coefficient (Wildman–Crippen LogP) is 1.29. The van der Waals surface area contributed by atoms with Gasteiger partial charge in [0.1, 0.15) is 5.75 Å². The highest BCUT2D eigenvalue weighted by Gasteiger charge is 2.13. The van der Waals surface area contributed by atoms with E-state index in [0.29, 0.717) is 18.8 Å². The van der Waals surface area contributed by atoms with Gasteiger partial charge in [-0.2, -0.15) is 0 Å². The Morgan fingerprint density at radius 1 is 1.45 bits per heavy atom. The summed E-state index contributed by atoms with van der Waals surface area (Å²) >= 11 is 0. The Labute approximate surface area is 116 Å². The van der Waals surface area contributed by atoms with Crippen molar-refractivity contribution in [1.82, 2.24) is 10.2 Å². The molecule has 2 N–H and O–H groups in total. The maximum atomic E-state index is 11.7. The first kappa shape index (κ1) is 15.7. The summed E-state index contributed by atoms with van der Waals surface area (Å²) in [5.74, 6) is 0.238. The second-order valence-corrected chi connectivity index (χ2v) is 4.33. The molecule has 0 aliphatic rings. The lowest BCUT2D eigenvalue weighted by molar-refractivity contribution is -0.384. The quantitative estimate of drug-likeness (QED) is 0.605.